The number of nitro groups is 1. The number of benzene rings is 1. The van der Waals surface area contributed by atoms with Crippen LogP contribution < -0.4 is 0 Å². The zero-order valence-electron chi connectivity index (χ0n) is 11.5. The third kappa shape index (κ3) is 3.62. The quantitative estimate of drug-likeness (QED) is 0.479. The molecule has 0 fully saturated rings. The van der Waals surface area contributed by atoms with Crippen molar-refractivity contribution in [1.82, 2.24) is 4.98 Å². The molecule has 0 spiro atoms. The van der Waals surface area contributed by atoms with Crippen LogP contribution in [0.5, 0.6) is 0 Å². The van der Waals surface area contributed by atoms with Crippen LogP contribution in [-0.4, -0.2) is 22.5 Å². The number of hydrogen-bond acceptors (Lipinski definition) is 5. The predicted molar refractivity (Wildman–Crippen MR) is 76.1 cm³/mol. The van der Waals surface area contributed by atoms with Gasteiger partial charge in [0.2, 0.25) is 0 Å². The Labute approximate surface area is 121 Å². The van der Waals surface area contributed by atoms with Gasteiger partial charge < -0.3 is 4.74 Å². The van der Waals surface area contributed by atoms with Crippen molar-refractivity contribution >= 4 is 11.7 Å². The van der Waals surface area contributed by atoms with Crippen LogP contribution in [0.4, 0.5) is 5.69 Å². The van der Waals surface area contributed by atoms with Crippen LogP contribution >= 0.6 is 0 Å². The second-order valence-electron chi connectivity index (χ2n) is 4.35. The van der Waals surface area contributed by atoms with Crippen molar-refractivity contribution in [3.63, 3.8) is 0 Å². The first-order valence-corrected chi connectivity index (χ1v) is 6.45. The molecule has 1 aromatic heterocycles. The van der Waals surface area contributed by atoms with Crippen molar-refractivity contribution in [1.29, 1.82) is 0 Å². The van der Waals surface area contributed by atoms with Gasteiger partial charge in [0.25, 0.3) is 5.69 Å². The number of nitrogens with zero attached hydrogens (tertiary/aromatic N) is 2. The van der Waals surface area contributed by atoms with Crippen LogP contribution in [0.2, 0.25) is 0 Å². The molecule has 0 bridgehead atoms. The highest BCUT2D eigenvalue weighted by molar-refractivity contribution is 5.92. The summed E-state index contributed by atoms with van der Waals surface area (Å²) in [6, 6.07) is 7.89. The van der Waals surface area contributed by atoms with Crippen molar-refractivity contribution < 1.29 is 14.5 Å². The van der Waals surface area contributed by atoms with Gasteiger partial charge in [-0.3, -0.25) is 15.1 Å². The smallest absolute Gasteiger partial charge is 0.338 e. The number of carbonyl (C=O) groups is 1. The second-order valence-corrected chi connectivity index (χ2v) is 4.35. The fourth-order valence-corrected chi connectivity index (χ4v) is 1.95. The standard InChI is InChI=1S/C15H14N2O4/c1-2-21-15(18)14-10-13(17(19)20)4-3-12(14)9-11-5-7-16-8-6-11/h3-8,10H,2,9H2,1H3. The summed E-state index contributed by atoms with van der Waals surface area (Å²) in [5.74, 6) is -0.551. The van der Waals surface area contributed by atoms with Crippen LogP contribution in [0, 0.1) is 10.1 Å². The van der Waals surface area contributed by atoms with E-state index in [2.05, 4.69) is 4.98 Å². The highest BCUT2D eigenvalue weighted by atomic mass is 16.6. The van der Waals surface area contributed by atoms with Gasteiger partial charge >= 0.3 is 5.97 Å². The second kappa shape index (κ2) is 6.60. The molecule has 0 atom stereocenters. The molecule has 0 radical (unpaired) electrons. The normalized spacial score (nSPS) is 10.1. The lowest BCUT2D eigenvalue weighted by Crippen LogP contribution is -2.09. The summed E-state index contributed by atoms with van der Waals surface area (Å²) >= 11 is 0. The first-order valence-electron chi connectivity index (χ1n) is 6.45. The average Bonchev–Trinajstić information content (AvgIpc) is 2.48. The third-order valence-electron chi connectivity index (χ3n) is 2.94. The number of non-ortho nitro benzene ring substituents is 1. The minimum Gasteiger partial charge on any atom is -0.462 e. The Balaban J connectivity index is 2.39. The van der Waals surface area contributed by atoms with E-state index < -0.39 is 10.9 Å². The van der Waals surface area contributed by atoms with Gasteiger partial charge in [-0.05, 0) is 36.6 Å². The Hall–Kier alpha value is -2.76. The number of nitro benzene ring substituents is 1. The lowest BCUT2D eigenvalue weighted by molar-refractivity contribution is -0.384. The maximum Gasteiger partial charge on any atom is 0.338 e. The van der Waals surface area contributed by atoms with Gasteiger partial charge in [0, 0.05) is 24.5 Å². The number of ether oxygens (including phenoxy) is 1. The van der Waals surface area contributed by atoms with E-state index in [0.29, 0.717) is 12.0 Å². The van der Waals surface area contributed by atoms with E-state index in [0.717, 1.165) is 5.56 Å². The summed E-state index contributed by atoms with van der Waals surface area (Å²) in [6.45, 7) is 1.91. The summed E-state index contributed by atoms with van der Waals surface area (Å²) in [7, 11) is 0. The lowest BCUT2D eigenvalue weighted by atomic mass is 10.00. The Bertz CT molecular complexity index is 656. The number of rotatable bonds is 5. The molecule has 0 unspecified atom stereocenters. The molecule has 6 nitrogen and oxygen atoms in total. The van der Waals surface area contributed by atoms with Crippen molar-refractivity contribution in [3.8, 4) is 0 Å². The molecule has 6 heteroatoms. The Morgan fingerprint density at radius 2 is 2.00 bits per heavy atom. The number of hydrogen-bond donors (Lipinski definition) is 0. The molecule has 108 valence electrons. The van der Waals surface area contributed by atoms with Gasteiger partial charge in [-0.25, -0.2) is 4.79 Å². The molecule has 0 N–H and O–H groups in total. The number of esters is 1. The van der Waals surface area contributed by atoms with Gasteiger partial charge in [0.05, 0.1) is 17.1 Å². The van der Waals surface area contributed by atoms with Gasteiger partial charge in [0.1, 0.15) is 0 Å². The SMILES string of the molecule is CCOC(=O)c1cc([N+](=O)[O-])ccc1Cc1ccncc1. The van der Waals surface area contributed by atoms with Gasteiger partial charge in [-0.15, -0.1) is 0 Å². The van der Waals surface area contributed by atoms with E-state index in [1.807, 2.05) is 12.1 Å². The zero-order chi connectivity index (χ0) is 15.2. The first-order chi connectivity index (χ1) is 10.1. The molecular weight excluding hydrogens is 272 g/mol. The first kappa shape index (κ1) is 14.6. The van der Waals surface area contributed by atoms with E-state index in [-0.39, 0.29) is 17.9 Å². The van der Waals surface area contributed by atoms with Crippen molar-refractivity contribution in [2.24, 2.45) is 0 Å². The van der Waals surface area contributed by atoms with Gasteiger partial charge in [0.15, 0.2) is 0 Å². The molecule has 21 heavy (non-hydrogen) atoms. The summed E-state index contributed by atoms with van der Waals surface area (Å²) in [6.07, 6.45) is 3.80. The third-order valence-corrected chi connectivity index (χ3v) is 2.94. The topological polar surface area (TPSA) is 82.3 Å². The van der Waals surface area contributed by atoms with Crippen LogP contribution in [0.15, 0.2) is 42.7 Å². The minimum atomic E-state index is -0.551. The number of pyridine rings is 1. The largest absolute Gasteiger partial charge is 0.462 e. The number of carbonyl (C=O) groups excluding carboxylic acids is 1. The fourth-order valence-electron chi connectivity index (χ4n) is 1.95. The van der Waals surface area contributed by atoms with Crippen LogP contribution in [0.3, 0.4) is 0 Å². The van der Waals surface area contributed by atoms with E-state index in [4.69, 9.17) is 4.74 Å². The molecule has 2 rings (SSSR count). The maximum absolute atomic E-state index is 12.0. The van der Waals surface area contributed by atoms with Crippen LogP contribution in [0.25, 0.3) is 0 Å². The molecule has 1 heterocycles. The molecule has 0 aliphatic rings. The van der Waals surface area contributed by atoms with E-state index in [9.17, 15) is 14.9 Å². The fraction of sp³-hybridized carbons (Fsp3) is 0.200. The highest BCUT2D eigenvalue weighted by Crippen LogP contribution is 2.21. The van der Waals surface area contributed by atoms with E-state index >= 15 is 0 Å². The molecule has 0 aliphatic carbocycles. The zero-order valence-corrected chi connectivity index (χ0v) is 11.5. The van der Waals surface area contributed by atoms with Crippen LogP contribution in [-0.2, 0) is 11.2 Å². The van der Waals surface area contributed by atoms with Gasteiger partial charge in [-0.2, -0.15) is 0 Å². The van der Waals surface area contributed by atoms with E-state index in [1.54, 1.807) is 25.4 Å². The molecule has 0 saturated heterocycles. The Morgan fingerprint density at radius 3 is 2.62 bits per heavy atom. The summed E-state index contributed by atoms with van der Waals surface area (Å²) in [5, 5.41) is 10.8. The summed E-state index contributed by atoms with van der Waals surface area (Å²) in [5.41, 5.74) is 1.74. The highest BCUT2D eigenvalue weighted by Gasteiger charge is 2.17. The average molecular weight is 286 g/mol. The van der Waals surface area contributed by atoms with E-state index in [1.165, 1.54) is 12.1 Å². The number of aromatic nitrogens is 1. The molecule has 0 aliphatic heterocycles. The molecule has 1 aromatic carbocycles. The monoisotopic (exact) mass is 286 g/mol. The Morgan fingerprint density at radius 1 is 1.29 bits per heavy atom. The molecule has 0 saturated carbocycles. The van der Waals surface area contributed by atoms with Crippen molar-refractivity contribution in [3.05, 3.63) is 69.5 Å². The van der Waals surface area contributed by atoms with Crippen molar-refractivity contribution in [2.45, 2.75) is 13.3 Å². The summed E-state index contributed by atoms with van der Waals surface area (Å²) < 4.78 is 4.97. The molecular formula is C15H14N2O4. The minimum absolute atomic E-state index is 0.128. The summed E-state index contributed by atoms with van der Waals surface area (Å²) in [4.78, 5) is 26.2. The van der Waals surface area contributed by atoms with Gasteiger partial charge in [-0.1, -0.05) is 6.07 Å². The molecule has 2 aromatic rings. The lowest BCUT2D eigenvalue weighted by Gasteiger charge is -2.09. The maximum atomic E-state index is 12.0. The molecule has 0 amide bonds. The van der Waals surface area contributed by atoms with Crippen molar-refractivity contribution in [2.75, 3.05) is 6.61 Å². The Kier molecular flexibility index (Phi) is 4.61. The van der Waals surface area contributed by atoms with Crippen LogP contribution in [0.1, 0.15) is 28.4 Å². The predicted octanol–water partition coefficient (Wildman–Crippen LogP) is 2.76.